The van der Waals surface area contributed by atoms with Crippen LogP contribution in [0.25, 0.3) is 0 Å². The minimum Gasteiger partial charge on any atom is -0.396 e. The SMILES string of the molecule is CCCCCCCCCCCCn1cc(N)cn1. The quantitative estimate of drug-likeness (QED) is 0.593. The van der Waals surface area contributed by atoms with E-state index in [9.17, 15) is 0 Å². The number of anilines is 1. The van der Waals surface area contributed by atoms with E-state index in [1.54, 1.807) is 6.20 Å². The first-order valence-electron chi connectivity index (χ1n) is 7.61. The van der Waals surface area contributed by atoms with Gasteiger partial charge in [-0.1, -0.05) is 64.7 Å². The normalized spacial score (nSPS) is 10.9. The van der Waals surface area contributed by atoms with Gasteiger partial charge in [-0.2, -0.15) is 5.10 Å². The zero-order chi connectivity index (χ0) is 13.1. The topological polar surface area (TPSA) is 43.8 Å². The number of hydrogen-bond acceptors (Lipinski definition) is 2. The molecule has 0 aliphatic rings. The Kier molecular flexibility index (Phi) is 8.36. The van der Waals surface area contributed by atoms with Crippen LogP contribution in [-0.2, 0) is 6.54 Å². The Balaban J connectivity index is 1.81. The molecular weight excluding hydrogens is 222 g/mol. The highest BCUT2D eigenvalue weighted by molar-refractivity contribution is 5.30. The van der Waals surface area contributed by atoms with Crippen LogP contribution in [0, 0.1) is 0 Å². The summed E-state index contributed by atoms with van der Waals surface area (Å²) in [5.41, 5.74) is 6.38. The molecule has 0 fully saturated rings. The van der Waals surface area contributed by atoms with Crippen molar-refractivity contribution in [3.8, 4) is 0 Å². The van der Waals surface area contributed by atoms with Gasteiger partial charge in [0.25, 0.3) is 0 Å². The summed E-state index contributed by atoms with van der Waals surface area (Å²) in [6.45, 7) is 3.28. The summed E-state index contributed by atoms with van der Waals surface area (Å²) in [4.78, 5) is 0. The highest BCUT2D eigenvalue weighted by Crippen LogP contribution is 2.11. The molecule has 0 bridgehead atoms. The fourth-order valence-corrected chi connectivity index (χ4v) is 2.26. The number of aryl methyl sites for hydroxylation is 1. The molecule has 1 aromatic rings. The van der Waals surface area contributed by atoms with Crippen LogP contribution in [0.15, 0.2) is 12.4 Å². The second-order valence-corrected chi connectivity index (χ2v) is 5.22. The molecule has 104 valence electrons. The first kappa shape index (κ1) is 15.1. The van der Waals surface area contributed by atoms with E-state index in [1.807, 2.05) is 10.9 Å². The maximum absolute atomic E-state index is 5.62. The van der Waals surface area contributed by atoms with Crippen molar-refractivity contribution in [1.29, 1.82) is 0 Å². The van der Waals surface area contributed by atoms with Gasteiger partial charge in [-0.05, 0) is 6.42 Å². The van der Waals surface area contributed by atoms with Crippen molar-refractivity contribution in [3.05, 3.63) is 12.4 Å². The lowest BCUT2D eigenvalue weighted by molar-refractivity contribution is 0.515. The molecule has 2 N–H and O–H groups in total. The second kappa shape index (κ2) is 9.98. The molecule has 0 aliphatic heterocycles. The van der Waals surface area contributed by atoms with Gasteiger partial charge < -0.3 is 5.73 Å². The van der Waals surface area contributed by atoms with Crippen molar-refractivity contribution in [2.45, 2.75) is 77.7 Å². The van der Waals surface area contributed by atoms with Crippen molar-refractivity contribution in [2.75, 3.05) is 5.73 Å². The predicted molar refractivity (Wildman–Crippen MR) is 78.5 cm³/mol. The number of aromatic nitrogens is 2. The Labute approximate surface area is 112 Å². The molecule has 18 heavy (non-hydrogen) atoms. The molecule has 0 amide bonds. The number of nitrogens with two attached hydrogens (primary N) is 1. The smallest absolute Gasteiger partial charge is 0.0719 e. The van der Waals surface area contributed by atoms with E-state index < -0.39 is 0 Å². The molecule has 0 saturated heterocycles. The molecule has 0 radical (unpaired) electrons. The van der Waals surface area contributed by atoms with Crippen LogP contribution < -0.4 is 5.73 Å². The van der Waals surface area contributed by atoms with Gasteiger partial charge in [0, 0.05) is 12.7 Å². The Morgan fingerprint density at radius 3 is 2.00 bits per heavy atom. The van der Waals surface area contributed by atoms with E-state index in [-0.39, 0.29) is 0 Å². The summed E-state index contributed by atoms with van der Waals surface area (Å²) in [7, 11) is 0. The summed E-state index contributed by atoms with van der Waals surface area (Å²) in [5.74, 6) is 0. The molecule has 0 spiro atoms. The van der Waals surface area contributed by atoms with Gasteiger partial charge in [0.2, 0.25) is 0 Å². The fraction of sp³-hybridized carbons (Fsp3) is 0.800. The number of unbranched alkanes of at least 4 members (excludes halogenated alkanes) is 9. The average molecular weight is 251 g/mol. The van der Waals surface area contributed by atoms with Crippen LogP contribution in [0.4, 0.5) is 5.69 Å². The summed E-state index contributed by atoms with van der Waals surface area (Å²) < 4.78 is 1.94. The lowest BCUT2D eigenvalue weighted by Gasteiger charge is -2.03. The molecule has 0 saturated carbocycles. The Hall–Kier alpha value is -0.990. The maximum atomic E-state index is 5.62. The van der Waals surface area contributed by atoms with Crippen LogP contribution in [0.3, 0.4) is 0 Å². The highest BCUT2D eigenvalue weighted by Gasteiger charge is 1.95. The minimum atomic E-state index is 0.766. The van der Waals surface area contributed by atoms with E-state index in [4.69, 9.17) is 5.73 Å². The standard InChI is InChI=1S/C15H29N3/c1-2-3-4-5-6-7-8-9-10-11-12-18-14-15(16)13-17-18/h13-14H,2-12,16H2,1H3. The van der Waals surface area contributed by atoms with E-state index in [1.165, 1.54) is 64.2 Å². The van der Waals surface area contributed by atoms with E-state index >= 15 is 0 Å². The van der Waals surface area contributed by atoms with Gasteiger partial charge in [0.1, 0.15) is 0 Å². The van der Waals surface area contributed by atoms with Gasteiger partial charge in [0.05, 0.1) is 11.9 Å². The molecular formula is C15H29N3. The first-order chi connectivity index (χ1) is 8.83. The van der Waals surface area contributed by atoms with E-state index in [0.717, 1.165) is 12.2 Å². The number of nitrogens with zero attached hydrogens (tertiary/aromatic N) is 2. The largest absolute Gasteiger partial charge is 0.396 e. The van der Waals surface area contributed by atoms with Crippen molar-refractivity contribution in [3.63, 3.8) is 0 Å². The Morgan fingerprint density at radius 2 is 1.50 bits per heavy atom. The van der Waals surface area contributed by atoms with Gasteiger partial charge >= 0.3 is 0 Å². The predicted octanol–water partition coefficient (Wildman–Crippen LogP) is 4.39. The molecule has 0 unspecified atom stereocenters. The molecule has 1 rings (SSSR count). The zero-order valence-corrected chi connectivity index (χ0v) is 11.9. The van der Waals surface area contributed by atoms with Gasteiger partial charge in [0.15, 0.2) is 0 Å². The molecule has 0 aliphatic carbocycles. The Bertz CT molecular complexity index is 294. The van der Waals surface area contributed by atoms with Crippen LogP contribution in [0.1, 0.15) is 71.1 Å². The van der Waals surface area contributed by atoms with Crippen LogP contribution in [-0.4, -0.2) is 9.78 Å². The zero-order valence-electron chi connectivity index (χ0n) is 11.9. The summed E-state index contributed by atoms with van der Waals surface area (Å²) in [5, 5.41) is 4.18. The van der Waals surface area contributed by atoms with E-state index in [2.05, 4.69) is 12.0 Å². The van der Waals surface area contributed by atoms with Gasteiger partial charge in [-0.15, -0.1) is 0 Å². The van der Waals surface area contributed by atoms with E-state index in [0.29, 0.717) is 0 Å². The number of nitrogen functional groups attached to an aromatic ring is 1. The summed E-state index contributed by atoms with van der Waals surface area (Å²) in [6, 6.07) is 0. The monoisotopic (exact) mass is 251 g/mol. The van der Waals surface area contributed by atoms with Gasteiger partial charge in [-0.3, -0.25) is 4.68 Å². The maximum Gasteiger partial charge on any atom is 0.0719 e. The molecule has 1 heterocycles. The second-order valence-electron chi connectivity index (χ2n) is 5.22. The lowest BCUT2D eigenvalue weighted by Crippen LogP contribution is -1.98. The number of rotatable bonds is 11. The van der Waals surface area contributed by atoms with Crippen LogP contribution >= 0.6 is 0 Å². The average Bonchev–Trinajstić information content (AvgIpc) is 2.77. The highest BCUT2D eigenvalue weighted by atomic mass is 15.3. The molecule has 3 heteroatoms. The van der Waals surface area contributed by atoms with Crippen LogP contribution in [0.2, 0.25) is 0 Å². The fourth-order valence-electron chi connectivity index (χ4n) is 2.26. The molecule has 1 aromatic heterocycles. The van der Waals surface area contributed by atoms with Crippen molar-refractivity contribution in [1.82, 2.24) is 9.78 Å². The summed E-state index contributed by atoms with van der Waals surface area (Å²) in [6.07, 6.45) is 17.4. The third kappa shape index (κ3) is 7.36. The molecule has 0 aromatic carbocycles. The van der Waals surface area contributed by atoms with Crippen molar-refractivity contribution in [2.24, 2.45) is 0 Å². The summed E-state index contributed by atoms with van der Waals surface area (Å²) >= 11 is 0. The molecule has 0 atom stereocenters. The van der Waals surface area contributed by atoms with Crippen LogP contribution in [0.5, 0.6) is 0 Å². The Morgan fingerprint density at radius 1 is 0.944 bits per heavy atom. The van der Waals surface area contributed by atoms with Gasteiger partial charge in [-0.25, -0.2) is 0 Å². The first-order valence-corrected chi connectivity index (χ1v) is 7.61. The number of hydrogen-bond donors (Lipinski definition) is 1. The molecule has 3 nitrogen and oxygen atoms in total. The van der Waals surface area contributed by atoms with Crippen molar-refractivity contribution < 1.29 is 0 Å². The third-order valence-electron chi connectivity index (χ3n) is 3.39. The van der Waals surface area contributed by atoms with Crippen molar-refractivity contribution >= 4 is 5.69 Å². The lowest BCUT2D eigenvalue weighted by atomic mass is 10.1. The minimum absolute atomic E-state index is 0.766. The third-order valence-corrected chi connectivity index (χ3v) is 3.39.